The molecule has 0 amide bonds. The number of thiazole rings is 1. The maximum atomic E-state index is 12.1. The van der Waals surface area contributed by atoms with Crippen LogP contribution in [0.1, 0.15) is 15.9 Å². The van der Waals surface area contributed by atoms with Crippen molar-refractivity contribution >= 4 is 48.6 Å². The van der Waals surface area contributed by atoms with Crippen molar-refractivity contribution in [3.8, 4) is 0 Å². The smallest absolute Gasteiger partial charge is 0.338 e. The predicted molar refractivity (Wildman–Crippen MR) is 87.3 cm³/mol. The Morgan fingerprint density at radius 3 is 2.95 bits per heavy atom. The van der Waals surface area contributed by atoms with E-state index in [1.165, 1.54) is 11.3 Å². The molecular weight excluding hydrogens is 352 g/mol. The highest BCUT2D eigenvalue weighted by Gasteiger charge is 2.10. The summed E-state index contributed by atoms with van der Waals surface area (Å²) >= 11 is 4.74. The fraction of sp³-hybridized carbons (Fsp3) is 0.0667. The monoisotopic (exact) mass is 362 g/mol. The van der Waals surface area contributed by atoms with Crippen molar-refractivity contribution in [2.45, 2.75) is 6.61 Å². The van der Waals surface area contributed by atoms with Crippen LogP contribution in [0.15, 0.2) is 46.9 Å². The van der Waals surface area contributed by atoms with Gasteiger partial charge in [0.1, 0.15) is 6.61 Å². The molecule has 0 atom stereocenters. The van der Waals surface area contributed by atoms with Crippen molar-refractivity contribution in [2.24, 2.45) is 0 Å². The van der Waals surface area contributed by atoms with Crippen LogP contribution in [-0.4, -0.2) is 11.0 Å². The molecule has 0 radical (unpaired) electrons. The Bertz CT molecular complexity index is 816. The van der Waals surface area contributed by atoms with E-state index in [9.17, 15) is 4.79 Å². The summed E-state index contributed by atoms with van der Waals surface area (Å²) in [5, 5.41) is 0.490. The fourth-order valence-corrected chi connectivity index (χ4v) is 3.15. The van der Waals surface area contributed by atoms with E-state index in [-0.39, 0.29) is 12.6 Å². The largest absolute Gasteiger partial charge is 0.457 e. The van der Waals surface area contributed by atoms with Gasteiger partial charge in [-0.15, -0.1) is 0 Å². The lowest BCUT2D eigenvalue weighted by Crippen LogP contribution is -2.05. The van der Waals surface area contributed by atoms with Gasteiger partial charge in [-0.3, -0.25) is 0 Å². The van der Waals surface area contributed by atoms with Crippen LogP contribution in [0.3, 0.4) is 0 Å². The highest BCUT2D eigenvalue weighted by atomic mass is 79.9. The highest BCUT2D eigenvalue weighted by molar-refractivity contribution is 9.10. The molecule has 21 heavy (non-hydrogen) atoms. The number of aromatic nitrogens is 1. The quantitative estimate of drug-likeness (QED) is 0.715. The summed E-state index contributed by atoms with van der Waals surface area (Å²) in [6.07, 6.45) is 0. The molecule has 0 fully saturated rings. The first kappa shape index (κ1) is 14.0. The molecule has 3 aromatic rings. The van der Waals surface area contributed by atoms with E-state index in [4.69, 9.17) is 10.5 Å². The van der Waals surface area contributed by atoms with Crippen molar-refractivity contribution in [1.29, 1.82) is 0 Å². The van der Waals surface area contributed by atoms with E-state index in [0.717, 1.165) is 20.3 Å². The van der Waals surface area contributed by atoms with Crippen LogP contribution < -0.4 is 5.73 Å². The van der Waals surface area contributed by atoms with Crippen LogP contribution in [0, 0.1) is 0 Å². The minimum Gasteiger partial charge on any atom is -0.457 e. The SMILES string of the molecule is Nc1nc2ccc(C(=O)OCc3cccc(Br)c3)cc2s1. The van der Waals surface area contributed by atoms with Gasteiger partial charge in [0.15, 0.2) is 5.13 Å². The summed E-state index contributed by atoms with van der Waals surface area (Å²) in [4.78, 5) is 16.2. The number of benzene rings is 2. The van der Waals surface area contributed by atoms with Gasteiger partial charge in [0.05, 0.1) is 15.8 Å². The van der Waals surface area contributed by atoms with Crippen LogP contribution in [-0.2, 0) is 11.3 Å². The van der Waals surface area contributed by atoms with Gasteiger partial charge in [-0.1, -0.05) is 39.4 Å². The Morgan fingerprint density at radius 1 is 1.29 bits per heavy atom. The molecule has 0 saturated heterocycles. The molecule has 6 heteroatoms. The zero-order chi connectivity index (χ0) is 14.8. The Kier molecular flexibility index (Phi) is 3.90. The molecule has 0 saturated carbocycles. The first-order valence-electron chi connectivity index (χ1n) is 6.19. The molecule has 0 unspecified atom stereocenters. The molecule has 1 aromatic heterocycles. The lowest BCUT2D eigenvalue weighted by Gasteiger charge is -2.05. The van der Waals surface area contributed by atoms with Crippen molar-refractivity contribution in [3.05, 3.63) is 58.1 Å². The molecule has 0 aliphatic heterocycles. The predicted octanol–water partition coefficient (Wildman–Crippen LogP) is 4.00. The number of hydrogen-bond acceptors (Lipinski definition) is 5. The van der Waals surface area contributed by atoms with Crippen molar-refractivity contribution < 1.29 is 9.53 Å². The second kappa shape index (κ2) is 5.83. The van der Waals surface area contributed by atoms with E-state index in [2.05, 4.69) is 20.9 Å². The lowest BCUT2D eigenvalue weighted by atomic mass is 10.2. The van der Waals surface area contributed by atoms with Crippen LogP contribution in [0.25, 0.3) is 10.2 Å². The molecule has 1 heterocycles. The van der Waals surface area contributed by atoms with Gasteiger partial charge >= 0.3 is 5.97 Å². The number of nitrogen functional groups attached to an aromatic ring is 1. The molecule has 0 aliphatic carbocycles. The van der Waals surface area contributed by atoms with Crippen LogP contribution in [0.4, 0.5) is 5.13 Å². The Morgan fingerprint density at radius 2 is 2.14 bits per heavy atom. The van der Waals surface area contributed by atoms with Crippen molar-refractivity contribution in [2.75, 3.05) is 5.73 Å². The number of esters is 1. The minimum atomic E-state index is -0.358. The summed E-state index contributed by atoms with van der Waals surface area (Å²) in [5.41, 5.74) is 7.88. The zero-order valence-corrected chi connectivity index (χ0v) is 13.3. The summed E-state index contributed by atoms with van der Waals surface area (Å²) in [7, 11) is 0. The van der Waals surface area contributed by atoms with Gasteiger partial charge in [-0.25, -0.2) is 9.78 Å². The summed E-state index contributed by atoms with van der Waals surface area (Å²) in [6.45, 7) is 0.237. The molecule has 3 rings (SSSR count). The average Bonchev–Trinajstić information content (AvgIpc) is 2.84. The second-order valence-corrected chi connectivity index (χ2v) is 6.42. The van der Waals surface area contributed by atoms with Crippen molar-refractivity contribution in [3.63, 3.8) is 0 Å². The molecular formula is C15H11BrN2O2S. The Labute approximate surface area is 133 Å². The fourth-order valence-electron chi connectivity index (χ4n) is 1.93. The lowest BCUT2D eigenvalue weighted by molar-refractivity contribution is 0.0473. The number of rotatable bonds is 3. The molecule has 0 bridgehead atoms. The van der Waals surface area contributed by atoms with E-state index >= 15 is 0 Å². The minimum absolute atomic E-state index is 0.237. The van der Waals surface area contributed by atoms with Crippen LogP contribution in [0.5, 0.6) is 0 Å². The van der Waals surface area contributed by atoms with Crippen LogP contribution in [0.2, 0.25) is 0 Å². The van der Waals surface area contributed by atoms with Gasteiger partial charge < -0.3 is 10.5 Å². The molecule has 106 valence electrons. The standard InChI is InChI=1S/C15H11BrN2O2S/c16-11-3-1-2-9(6-11)8-20-14(19)10-4-5-12-13(7-10)21-15(17)18-12/h1-7H,8H2,(H2,17,18). The number of anilines is 1. The van der Waals surface area contributed by atoms with Gasteiger partial charge in [-0.05, 0) is 35.9 Å². The number of carbonyl (C=O) groups excluding carboxylic acids is 1. The maximum absolute atomic E-state index is 12.1. The van der Waals surface area contributed by atoms with E-state index in [1.54, 1.807) is 18.2 Å². The third-order valence-corrected chi connectivity index (χ3v) is 4.24. The van der Waals surface area contributed by atoms with E-state index < -0.39 is 0 Å². The molecule has 0 spiro atoms. The Balaban J connectivity index is 1.74. The molecule has 0 aliphatic rings. The van der Waals surface area contributed by atoms with Crippen molar-refractivity contribution in [1.82, 2.24) is 4.98 Å². The first-order chi connectivity index (χ1) is 10.1. The maximum Gasteiger partial charge on any atom is 0.338 e. The van der Waals surface area contributed by atoms with Gasteiger partial charge in [0.2, 0.25) is 0 Å². The number of halogens is 1. The number of carbonyl (C=O) groups is 1. The highest BCUT2D eigenvalue weighted by Crippen LogP contribution is 2.25. The number of nitrogens with two attached hydrogens (primary N) is 1. The van der Waals surface area contributed by atoms with Gasteiger partial charge in [0, 0.05) is 4.47 Å². The normalized spacial score (nSPS) is 10.7. The Hall–Kier alpha value is -1.92. The third kappa shape index (κ3) is 3.22. The zero-order valence-electron chi connectivity index (χ0n) is 10.9. The summed E-state index contributed by atoms with van der Waals surface area (Å²) < 4.78 is 7.15. The van der Waals surface area contributed by atoms with E-state index in [0.29, 0.717) is 10.7 Å². The van der Waals surface area contributed by atoms with Crippen LogP contribution >= 0.6 is 27.3 Å². The summed E-state index contributed by atoms with van der Waals surface area (Å²) in [5.74, 6) is -0.358. The number of ether oxygens (including phenoxy) is 1. The molecule has 2 aromatic carbocycles. The molecule has 2 N–H and O–H groups in total. The summed E-state index contributed by atoms with van der Waals surface area (Å²) in [6, 6.07) is 12.9. The average molecular weight is 363 g/mol. The second-order valence-electron chi connectivity index (χ2n) is 4.44. The topological polar surface area (TPSA) is 65.2 Å². The third-order valence-electron chi connectivity index (χ3n) is 2.90. The van der Waals surface area contributed by atoms with Gasteiger partial charge in [0.25, 0.3) is 0 Å². The number of fused-ring (bicyclic) bond motifs is 1. The number of nitrogens with zero attached hydrogens (tertiary/aromatic N) is 1. The van der Waals surface area contributed by atoms with E-state index in [1.807, 2.05) is 24.3 Å². The first-order valence-corrected chi connectivity index (χ1v) is 7.80. The molecule has 4 nitrogen and oxygen atoms in total. The van der Waals surface area contributed by atoms with Gasteiger partial charge in [-0.2, -0.15) is 0 Å². The number of hydrogen-bond donors (Lipinski definition) is 1.